The van der Waals surface area contributed by atoms with Crippen molar-refractivity contribution in [3.05, 3.63) is 52.8 Å². The Morgan fingerprint density at radius 1 is 1.39 bits per heavy atom. The van der Waals surface area contributed by atoms with Gasteiger partial charge in [-0.3, -0.25) is 14.3 Å². The van der Waals surface area contributed by atoms with Crippen molar-refractivity contribution in [2.24, 2.45) is 5.92 Å². The maximum absolute atomic E-state index is 12.0. The van der Waals surface area contributed by atoms with E-state index < -0.39 is 0 Å². The summed E-state index contributed by atoms with van der Waals surface area (Å²) in [5.74, 6) is -0.346. The normalized spacial score (nSPS) is 16.7. The third kappa shape index (κ3) is 3.18. The number of benzene rings is 1. The Morgan fingerprint density at radius 2 is 2.17 bits per heavy atom. The largest absolute Gasteiger partial charge is 0.466 e. The fraction of sp³-hybridized carbons (Fsp3) is 0.389. The van der Waals surface area contributed by atoms with E-state index in [1.165, 1.54) is 0 Å². The molecule has 1 aromatic heterocycles. The Labute approximate surface area is 135 Å². The monoisotopic (exact) mass is 312 g/mol. The number of aromatic nitrogens is 2. The molecular formula is C18H20N2O3. The third-order valence-electron chi connectivity index (χ3n) is 4.28. The summed E-state index contributed by atoms with van der Waals surface area (Å²) in [7, 11) is 0. The third-order valence-corrected chi connectivity index (χ3v) is 4.28. The molecule has 3 rings (SSSR count). The van der Waals surface area contributed by atoms with Crippen molar-refractivity contribution in [3.63, 3.8) is 0 Å². The van der Waals surface area contributed by atoms with E-state index in [0.29, 0.717) is 25.3 Å². The Balaban J connectivity index is 1.86. The predicted molar refractivity (Wildman–Crippen MR) is 85.3 cm³/mol. The number of carbonyl (C=O) groups is 2. The molecule has 23 heavy (non-hydrogen) atoms. The summed E-state index contributed by atoms with van der Waals surface area (Å²) in [6.07, 6.45) is 2.81. The molecule has 1 heterocycles. The molecule has 1 aliphatic rings. The highest BCUT2D eigenvalue weighted by atomic mass is 16.5. The first-order valence-corrected chi connectivity index (χ1v) is 7.97. The van der Waals surface area contributed by atoms with Gasteiger partial charge in [0.25, 0.3) is 0 Å². The van der Waals surface area contributed by atoms with Gasteiger partial charge in [0.2, 0.25) is 0 Å². The second kappa shape index (κ2) is 6.77. The van der Waals surface area contributed by atoms with Crippen LogP contribution in [-0.4, -0.2) is 28.6 Å². The molecule has 5 nitrogen and oxygen atoms in total. The molecule has 0 N–H and O–H groups in total. The molecule has 1 unspecified atom stereocenters. The summed E-state index contributed by atoms with van der Waals surface area (Å²) in [6, 6.07) is 10.0. The number of rotatable bonds is 5. The summed E-state index contributed by atoms with van der Waals surface area (Å²) in [6.45, 7) is 2.83. The molecule has 0 radical (unpaired) electrons. The molecule has 0 saturated heterocycles. The fourth-order valence-electron chi connectivity index (χ4n) is 3.16. The van der Waals surface area contributed by atoms with Crippen molar-refractivity contribution in [3.8, 4) is 0 Å². The number of aldehydes is 1. The highest BCUT2D eigenvalue weighted by molar-refractivity contribution is 5.77. The Bertz CT molecular complexity index is 707. The topological polar surface area (TPSA) is 61.2 Å². The molecule has 0 fully saturated rings. The molecule has 120 valence electrons. The highest BCUT2D eigenvalue weighted by Crippen LogP contribution is 2.29. The van der Waals surface area contributed by atoms with E-state index in [9.17, 15) is 9.59 Å². The van der Waals surface area contributed by atoms with Gasteiger partial charge in [-0.25, -0.2) is 0 Å². The number of ether oxygens (including phenoxy) is 1. The van der Waals surface area contributed by atoms with Gasteiger partial charge in [0.05, 0.1) is 19.1 Å². The number of fused-ring (bicyclic) bond motifs is 1. The van der Waals surface area contributed by atoms with Gasteiger partial charge in [-0.05, 0) is 31.7 Å². The molecule has 0 bridgehead atoms. The van der Waals surface area contributed by atoms with Gasteiger partial charge in [0.15, 0.2) is 6.29 Å². The first kappa shape index (κ1) is 15.5. The summed E-state index contributed by atoms with van der Waals surface area (Å²) < 4.78 is 7.02. The van der Waals surface area contributed by atoms with Crippen LogP contribution < -0.4 is 0 Å². The summed E-state index contributed by atoms with van der Waals surface area (Å²) >= 11 is 0. The first-order valence-electron chi connectivity index (χ1n) is 7.97. The van der Waals surface area contributed by atoms with Gasteiger partial charge < -0.3 is 4.74 Å². The fourth-order valence-corrected chi connectivity index (χ4v) is 3.16. The molecule has 1 aromatic carbocycles. The number of carbonyl (C=O) groups excluding carboxylic acids is 2. The minimum atomic E-state index is -0.175. The van der Waals surface area contributed by atoms with Gasteiger partial charge in [0.1, 0.15) is 5.69 Å². The predicted octanol–water partition coefficient (Wildman–Crippen LogP) is 2.41. The lowest BCUT2D eigenvalue weighted by atomic mass is 9.86. The van der Waals surface area contributed by atoms with Crippen LogP contribution in [0.15, 0.2) is 30.3 Å². The van der Waals surface area contributed by atoms with Gasteiger partial charge in [-0.1, -0.05) is 30.3 Å². The smallest absolute Gasteiger partial charge is 0.309 e. The summed E-state index contributed by atoms with van der Waals surface area (Å²) in [5, 5.41) is 4.44. The van der Waals surface area contributed by atoms with Gasteiger partial charge in [0, 0.05) is 11.3 Å². The first-order chi connectivity index (χ1) is 11.2. The van der Waals surface area contributed by atoms with Crippen molar-refractivity contribution < 1.29 is 14.3 Å². The van der Waals surface area contributed by atoms with Crippen molar-refractivity contribution in [2.45, 2.75) is 32.7 Å². The van der Waals surface area contributed by atoms with Crippen molar-refractivity contribution in [1.29, 1.82) is 0 Å². The number of esters is 1. The maximum Gasteiger partial charge on any atom is 0.309 e. The van der Waals surface area contributed by atoms with Crippen molar-refractivity contribution in [1.82, 2.24) is 9.78 Å². The molecule has 1 atom stereocenters. The van der Waals surface area contributed by atoms with Crippen LogP contribution in [0.1, 0.15) is 40.7 Å². The van der Waals surface area contributed by atoms with Crippen molar-refractivity contribution in [2.75, 3.05) is 6.61 Å². The molecule has 0 aliphatic heterocycles. The lowest BCUT2D eigenvalue weighted by Crippen LogP contribution is -2.25. The average Bonchev–Trinajstić information content (AvgIpc) is 2.93. The van der Waals surface area contributed by atoms with Gasteiger partial charge in [-0.15, -0.1) is 0 Å². The van der Waals surface area contributed by atoms with E-state index in [-0.39, 0.29) is 11.9 Å². The maximum atomic E-state index is 12.0. The molecule has 5 heteroatoms. The zero-order valence-corrected chi connectivity index (χ0v) is 13.2. The van der Waals surface area contributed by atoms with E-state index in [1.807, 2.05) is 35.0 Å². The molecular weight excluding hydrogens is 292 g/mol. The minimum absolute atomic E-state index is 0.171. The van der Waals surface area contributed by atoms with Gasteiger partial charge >= 0.3 is 5.97 Å². The Morgan fingerprint density at radius 3 is 2.87 bits per heavy atom. The number of hydrogen-bond acceptors (Lipinski definition) is 4. The molecule has 0 spiro atoms. The zero-order valence-electron chi connectivity index (χ0n) is 13.2. The SMILES string of the molecule is CCOC(=O)C1CCc2c(c(C=O)nn2Cc2ccccc2)C1. The summed E-state index contributed by atoms with van der Waals surface area (Å²) in [5.41, 5.74) is 3.56. The highest BCUT2D eigenvalue weighted by Gasteiger charge is 2.30. The van der Waals surface area contributed by atoms with E-state index >= 15 is 0 Å². The van der Waals surface area contributed by atoms with E-state index in [1.54, 1.807) is 6.92 Å². The van der Waals surface area contributed by atoms with Crippen LogP contribution in [0.5, 0.6) is 0 Å². The average molecular weight is 312 g/mol. The lowest BCUT2D eigenvalue weighted by Gasteiger charge is -2.21. The zero-order chi connectivity index (χ0) is 16.2. The van der Waals surface area contributed by atoms with Crippen LogP contribution in [-0.2, 0) is 28.9 Å². The number of nitrogens with zero attached hydrogens (tertiary/aromatic N) is 2. The minimum Gasteiger partial charge on any atom is -0.466 e. The van der Waals surface area contributed by atoms with Gasteiger partial charge in [-0.2, -0.15) is 5.10 Å². The second-order valence-electron chi connectivity index (χ2n) is 5.76. The standard InChI is InChI=1S/C18H20N2O3/c1-2-23-18(22)14-8-9-17-15(10-14)16(12-21)19-20(17)11-13-6-4-3-5-7-13/h3-7,12,14H,2,8-11H2,1H3. The Kier molecular flexibility index (Phi) is 4.55. The van der Waals surface area contributed by atoms with Crippen LogP contribution >= 0.6 is 0 Å². The molecule has 0 saturated carbocycles. The van der Waals surface area contributed by atoms with E-state index in [4.69, 9.17) is 4.74 Å². The Hall–Kier alpha value is -2.43. The van der Waals surface area contributed by atoms with Crippen LogP contribution in [0.25, 0.3) is 0 Å². The van der Waals surface area contributed by atoms with Crippen molar-refractivity contribution >= 4 is 12.3 Å². The van der Waals surface area contributed by atoms with Crippen LogP contribution in [0.4, 0.5) is 0 Å². The quantitative estimate of drug-likeness (QED) is 0.628. The second-order valence-corrected chi connectivity index (χ2v) is 5.76. The lowest BCUT2D eigenvalue weighted by molar-refractivity contribution is -0.148. The van der Waals surface area contributed by atoms with Crippen LogP contribution in [0.2, 0.25) is 0 Å². The van der Waals surface area contributed by atoms with Crippen LogP contribution in [0.3, 0.4) is 0 Å². The molecule has 1 aliphatic carbocycles. The molecule has 0 amide bonds. The summed E-state index contributed by atoms with van der Waals surface area (Å²) in [4.78, 5) is 23.3. The molecule has 2 aromatic rings. The number of hydrogen-bond donors (Lipinski definition) is 0. The van der Waals surface area contributed by atoms with E-state index in [0.717, 1.165) is 35.9 Å². The van der Waals surface area contributed by atoms with E-state index in [2.05, 4.69) is 5.10 Å². The van der Waals surface area contributed by atoms with Crippen LogP contribution in [0, 0.1) is 5.92 Å².